The molecule has 2 aliphatic carbocycles. The van der Waals surface area contributed by atoms with Crippen LogP contribution in [0, 0.1) is 5.92 Å². The maximum absolute atomic E-state index is 4.18. The first-order valence-electron chi connectivity index (χ1n) is 7.82. The Kier molecular flexibility index (Phi) is 2.73. The van der Waals surface area contributed by atoms with E-state index in [2.05, 4.69) is 40.9 Å². The molecule has 0 amide bonds. The molecule has 0 saturated heterocycles. The fraction of sp³-hybridized carbons (Fsp3) is 0.500. The van der Waals surface area contributed by atoms with Crippen molar-refractivity contribution in [1.82, 2.24) is 9.55 Å². The second kappa shape index (κ2) is 4.47. The Labute approximate surface area is 120 Å². The average Bonchev–Trinajstić information content (AvgIpc) is 2.91. The summed E-state index contributed by atoms with van der Waals surface area (Å²) >= 11 is 0. The maximum Gasteiger partial charge on any atom is 0.0945 e. The molecule has 1 aromatic carbocycles. The molecular formula is C18H22N2. The van der Waals surface area contributed by atoms with E-state index in [0.717, 1.165) is 12.5 Å². The van der Waals surface area contributed by atoms with Crippen molar-refractivity contribution in [2.75, 3.05) is 0 Å². The van der Waals surface area contributed by atoms with Gasteiger partial charge in [-0.15, -0.1) is 0 Å². The molecule has 0 unspecified atom stereocenters. The second-order valence-corrected chi connectivity index (χ2v) is 6.90. The van der Waals surface area contributed by atoms with Gasteiger partial charge in [-0.1, -0.05) is 25.1 Å². The molecule has 0 saturated carbocycles. The van der Waals surface area contributed by atoms with Gasteiger partial charge in [-0.05, 0) is 60.1 Å². The van der Waals surface area contributed by atoms with Crippen molar-refractivity contribution in [2.45, 2.75) is 51.0 Å². The van der Waals surface area contributed by atoms with Crippen molar-refractivity contribution < 1.29 is 0 Å². The Morgan fingerprint density at radius 1 is 1.35 bits per heavy atom. The van der Waals surface area contributed by atoms with Gasteiger partial charge in [0.05, 0.1) is 6.33 Å². The molecule has 1 heterocycles. The molecular weight excluding hydrogens is 244 g/mol. The van der Waals surface area contributed by atoms with Crippen LogP contribution in [0.15, 0.2) is 36.9 Å². The van der Waals surface area contributed by atoms with E-state index < -0.39 is 0 Å². The van der Waals surface area contributed by atoms with Crippen LogP contribution < -0.4 is 0 Å². The fourth-order valence-electron chi connectivity index (χ4n) is 4.65. The summed E-state index contributed by atoms with van der Waals surface area (Å²) in [5, 5.41) is 0. The highest BCUT2D eigenvalue weighted by atomic mass is 15.0. The van der Waals surface area contributed by atoms with Gasteiger partial charge in [0, 0.05) is 18.9 Å². The van der Waals surface area contributed by atoms with Gasteiger partial charge < -0.3 is 4.57 Å². The number of imidazole rings is 1. The molecule has 2 aromatic rings. The van der Waals surface area contributed by atoms with E-state index in [-0.39, 0.29) is 0 Å². The van der Waals surface area contributed by atoms with E-state index in [0.29, 0.717) is 5.41 Å². The molecule has 0 aliphatic heterocycles. The topological polar surface area (TPSA) is 17.8 Å². The summed E-state index contributed by atoms with van der Waals surface area (Å²) in [4.78, 5) is 4.18. The van der Waals surface area contributed by atoms with Crippen molar-refractivity contribution >= 4 is 0 Å². The summed E-state index contributed by atoms with van der Waals surface area (Å²) in [6, 6.07) is 6.98. The van der Waals surface area contributed by atoms with Crippen LogP contribution in [0.3, 0.4) is 0 Å². The lowest BCUT2D eigenvalue weighted by molar-refractivity contribution is 0.251. The Hall–Kier alpha value is -1.57. The minimum Gasteiger partial charge on any atom is -0.337 e. The van der Waals surface area contributed by atoms with E-state index >= 15 is 0 Å². The second-order valence-electron chi connectivity index (χ2n) is 6.90. The molecule has 20 heavy (non-hydrogen) atoms. The van der Waals surface area contributed by atoms with Gasteiger partial charge in [0.1, 0.15) is 0 Å². The normalized spacial score (nSPS) is 28.1. The number of hydrogen-bond donors (Lipinski definition) is 0. The monoisotopic (exact) mass is 266 g/mol. The predicted octanol–water partition coefficient (Wildman–Crippen LogP) is 3.74. The van der Waals surface area contributed by atoms with Crippen LogP contribution in [0.2, 0.25) is 0 Å². The lowest BCUT2D eigenvalue weighted by atomic mass is 9.61. The SMILES string of the molecule is C[C@]12CCCc3cccc(c31)C[C@H](Cn1ccnc1)C2. The summed E-state index contributed by atoms with van der Waals surface area (Å²) in [5.74, 6) is 0.745. The van der Waals surface area contributed by atoms with Crippen molar-refractivity contribution in [1.29, 1.82) is 0 Å². The van der Waals surface area contributed by atoms with E-state index in [1.807, 2.05) is 12.5 Å². The van der Waals surface area contributed by atoms with Crippen molar-refractivity contribution in [3.8, 4) is 0 Å². The number of aryl methyl sites for hydroxylation is 1. The van der Waals surface area contributed by atoms with Gasteiger partial charge in [-0.2, -0.15) is 0 Å². The molecule has 0 spiro atoms. The Morgan fingerprint density at radius 3 is 3.10 bits per heavy atom. The zero-order valence-electron chi connectivity index (χ0n) is 12.2. The van der Waals surface area contributed by atoms with E-state index in [4.69, 9.17) is 0 Å². The average molecular weight is 266 g/mol. The molecule has 0 fully saturated rings. The molecule has 0 radical (unpaired) electrons. The van der Waals surface area contributed by atoms with Crippen LogP contribution >= 0.6 is 0 Å². The van der Waals surface area contributed by atoms with Crippen LogP contribution in [-0.4, -0.2) is 9.55 Å². The lowest BCUT2D eigenvalue weighted by Gasteiger charge is -2.44. The van der Waals surface area contributed by atoms with Crippen molar-refractivity contribution in [2.24, 2.45) is 5.92 Å². The summed E-state index contributed by atoms with van der Waals surface area (Å²) < 4.78 is 2.24. The van der Waals surface area contributed by atoms with Gasteiger partial charge >= 0.3 is 0 Å². The zero-order chi connectivity index (χ0) is 13.6. The maximum atomic E-state index is 4.18. The van der Waals surface area contributed by atoms with E-state index in [1.54, 1.807) is 16.7 Å². The van der Waals surface area contributed by atoms with Crippen LogP contribution in [0.25, 0.3) is 0 Å². The quantitative estimate of drug-likeness (QED) is 0.809. The molecule has 2 atom stereocenters. The zero-order valence-corrected chi connectivity index (χ0v) is 12.2. The van der Waals surface area contributed by atoms with Crippen LogP contribution in [0.5, 0.6) is 0 Å². The number of benzene rings is 1. The first-order chi connectivity index (χ1) is 9.74. The minimum atomic E-state index is 0.410. The fourth-order valence-corrected chi connectivity index (χ4v) is 4.65. The molecule has 2 heteroatoms. The minimum absolute atomic E-state index is 0.410. The Bertz CT molecular complexity index is 614. The lowest BCUT2D eigenvalue weighted by Crippen LogP contribution is -2.37. The first kappa shape index (κ1) is 12.2. The Morgan fingerprint density at radius 2 is 2.25 bits per heavy atom. The highest BCUT2D eigenvalue weighted by Crippen LogP contribution is 2.47. The predicted molar refractivity (Wildman–Crippen MR) is 80.8 cm³/mol. The molecule has 0 bridgehead atoms. The summed E-state index contributed by atoms with van der Waals surface area (Å²) in [5.41, 5.74) is 5.35. The smallest absolute Gasteiger partial charge is 0.0945 e. The summed E-state index contributed by atoms with van der Waals surface area (Å²) in [6.45, 7) is 3.60. The number of rotatable bonds is 2. The highest BCUT2D eigenvalue weighted by molar-refractivity contribution is 5.44. The molecule has 104 valence electrons. The van der Waals surface area contributed by atoms with E-state index in [9.17, 15) is 0 Å². The van der Waals surface area contributed by atoms with Gasteiger partial charge in [0.2, 0.25) is 0 Å². The molecule has 0 N–H and O–H groups in total. The number of hydrogen-bond acceptors (Lipinski definition) is 1. The molecule has 2 aliphatic rings. The third-order valence-corrected chi connectivity index (χ3v) is 5.29. The summed E-state index contributed by atoms with van der Waals surface area (Å²) in [6.07, 6.45) is 12.5. The highest BCUT2D eigenvalue weighted by Gasteiger charge is 2.39. The van der Waals surface area contributed by atoms with Gasteiger partial charge in [0.25, 0.3) is 0 Å². The third-order valence-electron chi connectivity index (χ3n) is 5.29. The first-order valence-corrected chi connectivity index (χ1v) is 7.82. The van der Waals surface area contributed by atoms with Crippen LogP contribution in [0.1, 0.15) is 42.9 Å². The molecule has 4 rings (SSSR count). The van der Waals surface area contributed by atoms with Gasteiger partial charge in [0.15, 0.2) is 0 Å². The third kappa shape index (κ3) is 1.90. The van der Waals surface area contributed by atoms with Gasteiger partial charge in [-0.3, -0.25) is 0 Å². The molecule has 2 nitrogen and oxygen atoms in total. The number of nitrogens with zero attached hydrogens (tertiary/aromatic N) is 2. The summed E-state index contributed by atoms with van der Waals surface area (Å²) in [7, 11) is 0. The number of aromatic nitrogens is 2. The van der Waals surface area contributed by atoms with Crippen molar-refractivity contribution in [3.63, 3.8) is 0 Å². The van der Waals surface area contributed by atoms with E-state index in [1.165, 1.54) is 32.1 Å². The standard InChI is InChI=1S/C18H22N2/c1-18-7-3-6-15-4-2-5-16(17(15)18)10-14(11-18)12-20-9-8-19-13-20/h2,4-5,8-9,13-14H,3,6-7,10-12H2,1H3/t14-,18+/m0/s1. The van der Waals surface area contributed by atoms with Crippen LogP contribution in [0.4, 0.5) is 0 Å². The molecule has 1 aromatic heterocycles. The van der Waals surface area contributed by atoms with Crippen molar-refractivity contribution in [3.05, 3.63) is 53.6 Å². The van der Waals surface area contributed by atoms with Gasteiger partial charge in [-0.25, -0.2) is 4.98 Å². The van der Waals surface area contributed by atoms with Crippen LogP contribution in [-0.2, 0) is 24.8 Å². The largest absolute Gasteiger partial charge is 0.337 e. The Balaban J connectivity index is 1.70.